The first-order chi connectivity index (χ1) is 11.2. The van der Waals surface area contributed by atoms with Gasteiger partial charge in [0.1, 0.15) is 6.73 Å². The van der Waals surface area contributed by atoms with E-state index < -0.39 is 0 Å². The lowest BCUT2D eigenvalue weighted by molar-refractivity contribution is 0.0526. The first-order valence-electron chi connectivity index (χ1n) is 7.59. The summed E-state index contributed by atoms with van der Waals surface area (Å²) >= 11 is 0. The van der Waals surface area contributed by atoms with Gasteiger partial charge < -0.3 is 14.0 Å². The molecule has 2 aromatic carbocycles. The Morgan fingerprint density at radius 2 is 1.83 bits per heavy atom. The van der Waals surface area contributed by atoms with Crippen molar-refractivity contribution in [2.24, 2.45) is 0 Å². The lowest BCUT2D eigenvalue weighted by Crippen LogP contribution is -2.05. The molecule has 0 saturated carbocycles. The number of aromatic nitrogens is 1. The van der Waals surface area contributed by atoms with Gasteiger partial charge in [0.15, 0.2) is 0 Å². The predicted octanol–water partition coefficient (Wildman–Crippen LogP) is 4.09. The van der Waals surface area contributed by atoms with Crippen LogP contribution >= 0.6 is 0 Å². The first-order valence-corrected chi connectivity index (χ1v) is 7.59. The predicted molar refractivity (Wildman–Crippen MR) is 90.3 cm³/mol. The van der Waals surface area contributed by atoms with Crippen LogP contribution in [0.2, 0.25) is 0 Å². The molecule has 1 aromatic heterocycles. The largest absolute Gasteiger partial charge is 0.462 e. The molecule has 0 radical (unpaired) electrons. The van der Waals surface area contributed by atoms with Crippen molar-refractivity contribution in [2.45, 2.75) is 13.7 Å². The first kappa shape index (κ1) is 15.3. The molecule has 0 aliphatic carbocycles. The number of fused-ring (bicyclic) bond motifs is 1. The molecule has 3 aromatic rings. The maximum Gasteiger partial charge on any atom is 0.338 e. The minimum absolute atomic E-state index is 0.295. The fraction of sp³-hybridized carbons (Fsp3) is 0.211. The van der Waals surface area contributed by atoms with E-state index in [0.29, 0.717) is 18.9 Å². The molecule has 0 bridgehead atoms. The van der Waals surface area contributed by atoms with Crippen LogP contribution in [0.3, 0.4) is 0 Å². The van der Waals surface area contributed by atoms with Crippen molar-refractivity contribution < 1.29 is 14.3 Å². The van der Waals surface area contributed by atoms with Crippen molar-refractivity contribution in [1.82, 2.24) is 4.57 Å². The standard InChI is InChI=1S/C19H19NO3/c1-3-23-19(21)15-10-8-14(9-11-15)18-12-16-6-4-5-7-17(16)20(18)13-22-2/h4-12H,3,13H2,1-2H3. The Bertz CT molecular complexity index is 818. The number of benzene rings is 2. The number of rotatable bonds is 5. The Morgan fingerprint density at radius 1 is 1.09 bits per heavy atom. The van der Waals surface area contributed by atoms with Crippen molar-refractivity contribution in [2.75, 3.05) is 13.7 Å². The summed E-state index contributed by atoms with van der Waals surface area (Å²) in [6.45, 7) is 2.65. The van der Waals surface area contributed by atoms with Crippen molar-refractivity contribution in [1.29, 1.82) is 0 Å². The number of nitrogens with zero attached hydrogens (tertiary/aromatic N) is 1. The molecule has 0 fully saturated rings. The van der Waals surface area contributed by atoms with Gasteiger partial charge in [-0.3, -0.25) is 0 Å². The maximum atomic E-state index is 11.8. The Morgan fingerprint density at radius 3 is 2.52 bits per heavy atom. The third kappa shape index (κ3) is 2.98. The van der Waals surface area contributed by atoms with Crippen LogP contribution in [0.4, 0.5) is 0 Å². The number of carbonyl (C=O) groups excluding carboxylic acids is 1. The molecule has 0 aliphatic rings. The van der Waals surface area contributed by atoms with E-state index in [2.05, 4.69) is 22.8 Å². The van der Waals surface area contributed by atoms with E-state index in [4.69, 9.17) is 9.47 Å². The number of esters is 1. The monoisotopic (exact) mass is 309 g/mol. The normalized spacial score (nSPS) is 10.9. The highest BCUT2D eigenvalue weighted by molar-refractivity contribution is 5.91. The molecule has 23 heavy (non-hydrogen) atoms. The van der Waals surface area contributed by atoms with Crippen LogP contribution in [0.15, 0.2) is 54.6 Å². The van der Waals surface area contributed by atoms with E-state index in [1.807, 2.05) is 24.3 Å². The van der Waals surface area contributed by atoms with Crippen molar-refractivity contribution in [3.63, 3.8) is 0 Å². The Labute approximate surface area is 135 Å². The molecule has 4 heteroatoms. The third-order valence-corrected chi connectivity index (χ3v) is 3.76. The Kier molecular flexibility index (Phi) is 4.44. The SMILES string of the molecule is CCOC(=O)c1ccc(-c2cc3ccccc3n2COC)cc1. The second-order valence-electron chi connectivity index (χ2n) is 5.23. The summed E-state index contributed by atoms with van der Waals surface area (Å²) in [5, 5.41) is 1.16. The summed E-state index contributed by atoms with van der Waals surface area (Å²) in [5.41, 5.74) is 3.78. The molecule has 0 spiro atoms. The van der Waals surface area contributed by atoms with E-state index in [1.54, 1.807) is 26.2 Å². The highest BCUT2D eigenvalue weighted by Gasteiger charge is 2.11. The number of ether oxygens (including phenoxy) is 2. The van der Waals surface area contributed by atoms with Crippen LogP contribution in [0.25, 0.3) is 22.2 Å². The van der Waals surface area contributed by atoms with Crippen LogP contribution in [-0.2, 0) is 16.2 Å². The zero-order chi connectivity index (χ0) is 16.2. The highest BCUT2D eigenvalue weighted by atomic mass is 16.5. The second-order valence-corrected chi connectivity index (χ2v) is 5.23. The van der Waals surface area contributed by atoms with Crippen LogP contribution in [0, 0.1) is 0 Å². The van der Waals surface area contributed by atoms with Crippen molar-refractivity contribution >= 4 is 16.9 Å². The quantitative estimate of drug-likeness (QED) is 0.667. The van der Waals surface area contributed by atoms with Crippen LogP contribution in [0.1, 0.15) is 17.3 Å². The number of para-hydroxylation sites is 1. The zero-order valence-electron chi connectivity index (χ0n) is 13.3. The van der Waals surface area contributed by atoms with Crippen LogP contribution in [0.5, 0.6) is 0 Å². The van der Waals surface area contributed by atoms with Gasteiger partial charge in [0.25, 0.3) is 0 Å². The Balaban J connectivity index is 2.02. The minimum atomic E-state index is -0.295. The van der Waals surface area contributed by atoms with E-state index >= 15 is 0 Å². The molecule has 0 N–H and O–H groups in total. The van der Waals surface area contributed by atoms with Gasteiger partial charge in [-0.05, 0) is 36.8 Å². The number of hydrogen-bond acceptors (Lipinski definition) is 3. The average molecular weight is 309 g/mol. The molecule has 118 valence electrons. The van der Waals surface area contributed by atoms with Crippen LogP contribution in [-0.4, -0.2) is 24.3 Å². The lowest BCUT2D eigenvalue weighted by atomic mass is 10.1. The van der Waals surface area contributed by atoms with Gasteiger partial charge in [0.05, 0.1) is 23.4 Å². The summed E-state index contributed by atoms with van der Waals surface area (Å²) in [6, 6.07) is 17.8. The van der Waals surface area contributed by atoms with E-state index in [1.165, 1.54) is 0 Å². The molecule has 1 heterocycles. The molecule has 3 rings (SSSR count). The summed E-state index contributed by atoms with van der Waals surface area (Å²) in [6.07, 6.45) is 0. The Hall–Kier alpha value is -2.59. The highest BCUT2D eigenvalue weighted by Crippen LogP contribution is 2.28. The zero-order valence-corrected chi connectivity index (χ0v) is 13.3. The molecule has 0 amide bonds. The summed E-state index contributed by atoms with van der Waals surface area (Å²) in [7, 11) is 1.68. The van der Waals surface area contributed by atoms with Crippen molar-refractivity contribution in [3.8, 4) is 11.3 Å². The van der Waals surface area contributed by atoms with Gasteiger partial charge in [-0.1, -0.05) is 30.3 Å². The lowest BCUT2D eigenvalue weighted by Gasteiger charge is -2.10. The van der Waals surface area contributed by atoms with Gasteiger partial charge in [-0.25, -0.2) is 4.79 Å². The van der Waals surface area contributed by atoms with Crippen LogP contribution < -0.4 is 0 Å². The molecule has 0 saturated heterocycles. The van der Waals surface area contributed by atoms with E-state index in [9.17, 15) is 4.79 Å². The minimum Gasteiger partial charge on any atom is -0.462 e. The summed E-state index contributed by atoms with van der Waals surface area (Å²) < 4.78 is 12.5. The fourth-order valence-corrected chi connectivity index (χ4v) is 2.71. The van der Waals surface area contributed by atoms with E-state index in [-0.39, 0.29) is 5.97 Å². The van der Waals surface area contributed by atoms with Gasteiger partial charge in [-0.15, -0.1) is 0 Å². The topological polar surface area (TPSA) is 40.5 Å². The van der Waals surface area contributed by atoms with Gasteiger partial charge in [0.2, 0.25) is 0 Å². The summed E-state index contributed by atoms with van der Waals surface area (Å²) in [5.74, 6) is -0.295. The second kappa shape index (κ2) is 6.67. The van der Waals surface area contributed by atoms with Gasteiger partial charge in [0, 0.05) is 12.5 Å². The molecular formula is C19H19NO3. The fourth-order valence-electron chi connectivity index (χ4n) is 2.71. The summed E-state index contributed by atoms with van der Waals surface area (Å²) in [4.78, 5) is 11.8. The number of hydrogen-bond donors (Lipinski definition) is 0. The van der Waals surface area contributed by atoms with Gasteiger partial charge >= 0.3 is 5.97 Å². The van der Waals surface area contributed by atoms with Gasteiger partial charge in [-0.2, -0.15) is 0 Å². The van der Waals surface area contributed by atoms with Crippen molar-refractivity contribution in [3.05, 3.63) is 60.2 Å². The molecule has 4 nitrogen and oxygen atoms in total. The maximum absolute atomic E-state index is 11.8. The average Bonchev–Trinajstić information content (AvgIpc) is 2.94. The third-order valence-electron chi connectivity index (χ3n) is 3.76. The molecule has 0 atom stereocenters. The van der Waals surface area contributed by atoms with E-state index in [0.717, 1.165) is 22.2 Å². The number of methoxy groups -OCH3 is 1. The number of carbonyl (C=O) groups is 1. The smallest absolute Gasteiger partial charge is 0.338 e. The molecule has 0 aliphatic heterocycles. The molecular weight excluding hydrogens is 290 g/mol. The molecule has 0 unspecified atom stereocenters.